The number of aliphatic hydroxyl groups excluding tert-OH is 1. The number of aromatic nitrogens is 2. The van der Waals surface area contributed by atoms with E-state index in [-0.39, 0.29) is 0 Å². The van der Waals surface area contributed by atoms with Gasteiger partial charge in [0.25, 0.3) is 0 Å². The summed E-state index contributed by atoms with van der Waals surface area (Å²) in [5, 5.41) is 21.3. The van der Waals surface area contributed by atoms with Gasteiger partial charge in [-0.05, 0) is 37.3 Å². The molecule has 3 N–H and O–H groups in total. The van der Waals surface area contributed by atoms with Crippen LogP contribution in [0, 0.1) is 0 Å². The topological polar surface area (TPSA) is 60.9 Å². The van der Waals surface area contributed by atoms with Crippen molar-refractivity contribution in [3.05, 3.63) is 29.3 Å². The molecule has 0 unspecified atom stereocenters. The van der Waals surface area contributed by atoms with Gasteiger partial charge in [-0.3, -0.25) is 5.10 Å². The maximum Gasteiger partial charge on any atom is 0.0794 e. The van der Waals surface area contributed by atoms with Crippen LogP contribution in [0.5, 0.6) is 0 Å². The van der Waals surface area contributed by atoms with Crippen LogP contribution in [0.3, 0.4) is 0 Å². The third-order valence-corrected chi connectivity index (χ3v) is 3.70. The third kappa shape index (κ3) is 3.66. The second-order valence-corrected chi connectivity index (χ2v) is 5.16. The molecule has 18 heavy (non-hydrogen) atoms. The average molecular weight is 265 g/mol. The number of nitrogens with zero attached hydrogens (tertiary/aromatic N) is 1. The van der Waals surface area contributed by atoms with Crippen molar-refractivity contribution in [2.75, 3.05) is 13.2 Å². The van der Waals surface area contributed by atoms with E-state index in [9.17, 15) is 0 Å². The molecule has 2 heterocycles. The smallest absolute Gasteiger partial charge is 0.0794 e. The van der Waals surface area contributed by atoms with Crippen LogP contribution in [0.4, 0.5) is 0 Å². The number of H-pyrrole nitrogens is 1. The molecule has 0 aliphatic heterocycles. The molecular weight excluding hydrogens is 246 g/mol. The number of nitrogens with one attached hydrogen (secondary N) is 2. The summed E-state index contributed by atoms with van der Waals surface area (Å²) >= 11 is 1.72. The fourth-order valence-corrected chi connectivity index (χ4v) is 2.60. The number of aromatic amines is 1. The van der Waals surface area contributed by atoms with Crippen LogP contribution in [0.25, 0.3) is 10.6 Å². The van der Waals surface area contributed by atoms with Crippen LogP contribution in [-0.2, 0) is 6.54 Å². The van der Waals surface area contributed by atoms with Gasteiger partial charge in [-0.25, -0.2) is 0 Å². The van der Waals surface area contributed by atoms with Gasteiger partial charge in [-0.15, -0.1) is 11.3 Å². The average Bonchev–Trinajstić information content (AvgIpc) is 3.03. The molecule has 0 aromatic carbocycles. The minimum Gasteiger partial charge on any atom is -0.396 e. The van der Waals surface area contributed by atoms with Gasteiger partial charge in [0.05, 0.1) is 16.8 Å². The number of thiophene rings is 1. The summed E-state index contributed by atoms with van der Waals surface area (Å²) in [4.78, 5) is 1.23. The summed E-state index contributed by atoms with van der Waals surface area (Å²) in [6.07, 6.45) is 4.96. The summed E-state index contributed by atoms with van der Waals surface area (Å²) in [6.45, 7) is 2.11. The summed E-state index contributed by atoms with van der Waals surface area (Å²) in [5.74, 6) is 0. The van der Waals surface area contributed by atoms with Gasteiger partial charge in [0.2, 0.25) is 0 Å². The minimum absolute atomic E-state index is 0.296. The lowest BCUT2D eigenvalue weighted by molar-refractivity contribution is 0.283. The molecule has 0 radical (unpaired) electrons. The summed E-state index contributed by atoms with van der Waals surface area (Å²) in [5.41, 5.74) is 2.33. The first-order valence-corrected chi connectivity index (χ1v) is 7.17. The number of rotatable bonds is 8. The number of hydrogen-bond donors (Lipinski definition) is 3. The molecular formula is C13H19N3OS. The Balaban J connectivity index is 1.78. The van der Waals surface area contributed by atoms with Gasteiger partial charge in [0, 0.05) is 18.7 Å². The maximum absolute atomic E-state index is 8.68. The Labute approximate surface area is 111 Å². The molecule has 0 saturated heterocycles. The molecule has 0 aliphatic carbocycles. The molecule has 98 valence electrons. The van der Waals surface area contributed by atoms with Crippen molar-refractivity contribution in [1.82, 2.24) is 15.5 Å². The van der Waals surface area contributed by atoms with Crippen molar-refractivity contribution in [3.63, 3.8) is 0 Å². The van der Waals surface area contributed by atoms with E-state index < -0.39 is 0 Å². The minimum atomic E-state index is 0.296. The first-order valence-electron chi connectivity index (χ1n) is 6.29. The Morgan fingerprint density at radius 1 is 1.33 bits per heavy atom. The molecule has 0 saturated carbocycles. The lowest BCUT2D eigenvalue weighted by Gasteiger charge is -2.04. The maximum atomic E-state index is 8.68. The van der Waals surface area contributed by atoms with Crippen molar-refractivity contribution >= 4 is 11.3 Å². The Bertz CT molecular complexity index is 439. The van der Waals surface area contributed by atoms with E-state index in [1.165, 1.54) is 10.4 Å². The Morgan fingerprint density at radius 3 is 3.06 bits per heavy atom. The second kappa shape index (κ2) is 7.31. The molecule has 0 aliphatic rings. The molecule has 2 aromatic heterocycles. The Morgan fingerprint density at radius 2 is 2.28 bits per heavy atom. The van der Waals surface area contributed by atoms with E-state index in [1.54, 1.807) is 11.3 Å². The molecule has 0 bridgehead atoms. The zero-order valence-corrected chi connectivity index (χ0v) is 11.2. The van der Waals surface area contributed by atoms with Crippen molar-refractivity contribution < 1.29 is 5.11 Å². The van der Waals surface area contributed by atoms with Gasteiger partial charge in [0.1, 0.15) is 0 Å². The molecule has 2 aromatic rings. The Kier molecular flexibility index (Phi) is 5.38. The summed E-state index contributed by atoms with van der Waals surface area (Å²) in [6, 6.07) is 4.15. The van der Waals surface area contributed by atoms with Crippen LogP contribution in [-0.4, -0.2) is 28.5 Å². The van der Waals surface area contributed by atoms with Crippen molar-refractivity contribution in [1.29, 1.82) is 0 Å². The molecule has 5 heteroatoms. The standard InChI is InChI=1S/C13H19N3OS/c17-7-3-1-2-6-14-9-11-10-15-16-13(11)12-5-4-8-18-12/h4-5,8,10,14,17H,1-3,6-7,9H2,(H,15,16). The molecule has 0 fully saturated rings. The first kappa shape index (κ1) is 13.3. The van der Waals surface area contributed by atoms with E-state index in [4.69, 9.17) is 5.11 Å². The predicted octanol–water partition coefficient (Wildman–Crippen LogP) is 2.39. The third-order valence-electron chi connectivity index (χ3n) is 2.81. The molecule has 2 rings (SSSR count). The highest BCUT2D eigenvalue weighted by Gasteiger charge is 2.07. The van der Waals surface area contributed by atoms with E-state index in [1.807, 2.05) is 12.3 Å². The fraction of sp³-hybridized carbons (Fsp3) is 0.462. The van der Waals surface area contributed by atoms with Crippen molar-refractivity contribution in [2.45, 2.75) is 25.8 Å². The predicted molar refractivity (Wildman–Crippen MR) is 74.5 cm³/mol. The second-order valence-electron chi connectivity index (χ2n) is 4.21. The van der Waals surface area contributed by atoms with Crippen LogP contribution in [0.1, 0.15) is 24.8 Å². The summed E-state index contributed by atoms with van der Waals surface area (Å²) < 4.78 is 0. The monoisotopic (exact) mass is 265 g/mol. The van der Waals surface area contributed by atoms with Crippen LogP contribution >= 0.6 is 11.3 Å². The highest BCUT2D eigenvalue weighted by molar-refractivity contribution is 7.13. The van der Waals surface area contributed by atoms with Crippen LogP contribution in [0.15, 0.2) is 23.7 Å². The zero-order valence-electron chi connectivity index (χ0n) is 10.4. The SMILES string of the molecule is OCCCCCNCc1cn[nH]c1-c1cccs1. The number of aliphatic hydroxyl groups is 1. The van der Waals surface area contributed by atoms with Gasteiger partial charge in [-0.1, -0.05) is 6.07 Å². The van der Waals surface area contributed by atoms with Crippen LogP contribution < -0.4 is 5.32 Å². The summed E-state index contributed by atoms with van der Waals surface area (Å²) in [7, 11) is 0. The molecule has 0 atom stereocenters. The quantitative estimate of drug-likeness (QED) is 0.642. The normalized spacial score (nSPS) is 10.9. The largest absolute Gasteiger partial charge is 0.396 e. The van der Waals surface area contributed by atoms with Gasteiger partial charge < -0.3 is 10.4 Å². The zero-order chi connectivity index (χ0) is 12.6. The molecule has 0 spiro atoms. The number of hydrogen-bond acceptors (Lipinski definition) is 4. The van der Waals surface area contributed by atoms with Crippen molar-refractivity contribution in [2.24, 2.45) is 0 Å². The number of unbranched alkanes of at least 4 members (excludes halogenated alkanes) is 2. The fourth-order valence-electron chi connectivity index (χ4n) is 1.84. The van der Waals surface area contributed by atoms with E-state index >= 15 is 0 Å². The lowest BCUT2D eigenvalue weighted by atomic mass is 10.2. The molecule has 4 nitrogen and oxygen atoms in total. The van der Waals surface area contributed by atoms with Crippen LogP contribution in [0.2, 0.25) is 0 Å². The molecule has 0 amide bonds. The Hall–Kier alpha value is -1.17. The van der Waals surface area contributed by atoms with E-state index in [2.05, 4.69) is 27.0 Å². The van der Waals surface area contributed by atoms with Gasteiger partial charge in [0.15, 0.2) is 0 Å². The lowest BCUT2D eigenvalue weighted by Crippen LogP contribution is -2.14. The van der Waals surface area contributed by atoms with Crippen molar-refractivity contribution in [3.8, 4) is 10.6 Å². The first-order chi connectivity index (χ1) is 8.92. The van der Waals surface area contributed by atoms with Gasteiger partial charge >= 0.3 is 0 Å². The highest BCUT2D eigenvalue weighted by atomic mass is 32.1. The van der Waals surface area contributed by atoms with E-state index in [0.717, 1.165) is 38.0 Å². The highest BCUT2D eigenvalue weighted by Crippen LogP contribution is 2.25. The van der Waals surface area contributed by atoms with E-state index in [0.29, 0.717) is 6.61 Å². The van der Waals surface area contributed by atoms with Gasteiger partial charge in [-0.2, -0.15) is 5.10 Å².